The van der Waals surface area contributed by atoms with E-state index in [9.17, 15) is 4.79 Å². The van der Waals surface area contributed by atoms with Gasteiger partial charge in [0.1, 0.15) is 0 Å². The fraction of sp³-hybridized carbons (Fsp3) is 0.400. The van der Waals surface area contributed by atoms with E-state index in [1.807, 2.05) is 26.0 Å². The predicted molar refractivity (Wildman–Crippen MR) is 77.5 cm³/mol. The highest BCUT2D eigenvalue weighted by atomic mass is 16.3. The monoisotopic (exact) mass is 260 g/mol. The fourth-order valence-electron chi connectivity index (χ4n) is 2.13. The Morgan fingerprint density at radius 3 is 2.84 bits per heavy atom. The third-order valence-electron chi connectivity index (χ3n) is 3.46. The molecule has 3 N–H and O–H groups in total. The molecule has 0 aliphatic carbocycles. The van der Waals surface area contributed by atoms with Crippen LogP contribution < -0.4 is 10.9 Å². The Hall–Kier alpha value is -1.65. The van der Waals surface area contributed by atoms with Gasteiger partial charge in [0, 0.05) is 18.7 Å². The van der Waals surface area contributed by atoms with E-state index in [4.69, 9.17) is 5.11 Å². The summed E-state index contributed by atoms with van der Waals surface area (Å²) < 4.78 is 0. The van der Waals surface area contributed by atoms with Crippen LogP contribution in [0.4, 0.5) is 0 Å². The van der Waals surface area contributed by atoms with Crippen LogP contribution in [0, 0.1) is 13.8 Å². The highest BCUT2D eigenvalue weighted by molar-refractivity contribution is 5.83. The van der Waals surface area contributed by atoms with Gasteiger partial charge in [-0.3, -0.25) is 4.79 Å². The largest absolute Gasteiger partial charge is 0.396 e. The topological polar surface area (TPSA) is 65.1 Å². The molecular weight excluding hydrogens is 240 g/mol. The molecule has 4 heteroatoms. The first-order valence-corrected chi connectivity index (χ1v) is 6.57. The SMILES string of the molecule is Cc1ccc2cc(CNCCCO)c(=O)[nH]c2c1C. The van der Waals surface area contributed by atoms with Crippen LogP contribution in [-0.2, 0) is 6.54 Å². The number of hydrogen-bond acceptors (Lipinski definition) is 3. The second kappa shape index (κ2) is 5.99. The van der Waals surface area contributed by atoms with Crippen LogP contribution in [0.1, 0.15) is 23.1 Å². The number of hydrogen-bond donors (Lipinski definition) is 3. The molecule has 0 saturated carbocycles. The zero-order valence-corrected chi connectivity index (χ0v) is 11.4. The molecule has 0 atom stereocenters. The second-order valence-electron chi connectivity index (χ2n) is 4.85. The van der Waals surface area contributed by atoms with Gasteiger partial charge in [0.25, 0.3) is 5.56 Å². The third-order valence-corrected chi connectivity index (χ3v) is 3.46. The number of aromatic amines is 1. The number of rotatable bonds is 5. The van der Waals surface area contributed by atoms with E-state index < -0.39 is 0 Å². The van der Waals surface area contributed by atoms with Crippen LogP contribution in [0.3, 0.4) is 0 Å². The van der Waals surface area contributed by atoms with Crippen molar-refractivity contribution in [1.29, 1.82) is 0 Å². The molecule has 0 fully saturated rings. The lowest BCUT2D eigenvalue weighted by Gasteiger charge is -2.08. The molecule has 1 aromatic heterocycles. The molecule has 0 radical (unpaired) electrons. The molecule has 0 saturated heterocycles. The molecule has 0 aliphatic rings. The predicted octanol–water partition coefficient (Wildman–Crippen LogP) is 1.62. The lowest BCUT2D eigenvalue weighted by molar-refractivity contribution is 0.286. The van der Waals surface area contributed by atoms with Crippen molar-refractivity contribution in [3.63, 3.8) is 0 Å². The Labute approximate surface area is 112 Å². The number of benzene rings is 1. The number of nitrogens with one attached hydrogen (secondary N) is 2. The first-order chi connectivity index (χ1) is 9.13. The summed E-state index contributed by atoms with van der Waals surface area (Å²) >= 11 is 0. The van der Waals surface area contributed by atoms with Gasteiger partial charge in [-0.15, -0.1) is 0 Å². The first-order valence-electron chi connectivity index (χ1n) is 6.57. The lowest BCUT2D eigenvalue weighted by Crippen LogP contribution is -2.22. The minimum absolute atomic E-state index is 0.0438. The molecule has 102 valence electrons. The highest BCUT2D eigenvalue weighted by Crippen LogP contribution is 2.18. The zero-order valence-electron chi connectivity index (χ0n) is 11.4. The van der Waals surface area contributed by atoms with Crippen molar-refractivity contribution in [3.05, 3.63) is 45.2 Å². The summed E-state index contributed by atoms with van der Waals surface area (Å²) in [6.07, 6.45) is 0.698. The van der Waals surface area contributed by atoms with E-state index >= 15 is 0 Å². The van der Waals surface area contributed by atoms with Gasteiger partial charge in [-0.1, -0.05) is 12.1 Å². The Bertz CT molecular complexity index is 632. The fourth-order valence-corrected chi connectivity index (χ4v) is 2.13. The van der Waals surface area contributed by atoms with E-state index in [1.165, 1.54) is 5.56 Å². The molecular formula is C15H20N2O2. The summed E-state index contributed by atoms with van der Waals surface area (Å²) in [5, 5.41) is 12.9. The maximum absolute atomic E-state index is 12.0. The van der Waals surface area contributed by atoms with Gasteiger partial charge in [-0.05, 0) is 49.4 Å². The number of H-pyrrole nitrogens is 1. The summed E-state index contributed by atoms with van der Waals surface area (Å²) in [6.45, 7) is 5.46. The molecule has 0 unspecified atom stereocenters. The quantitative estimate of drug-likeness (QED) is 0.716. The Kier molecular flexibility index (Phi) is 4.35. The number of aromatic nitrogens is 1. The Morgan fingerprint density at radius 2 is 2.11 bits per heavy atom. The molecule has 0 bridgehead atoms. The summed E-state index contributed by atoms with van der Waals surface area (Å²) in [6, 6.07) is 6.04. The number of pyridine rings is 1. The normalized spacial score (nSPS) is 11.1. The number of aliphatic hydroxyl groups excluding tert-OH is 1. The van der Waals surface area contributed by atoms with Crippen molar-refractivity contribution >= 4 is 10.9 Å². The van der Waals surface area contributed by atoms with Crippen LogP contribution in [0.5, 0.6) is 0 Å². The van der Waals surface area contributed by atoms with Crippen LogP contribution in [0.25, 0.3) is 10.9 Å². The highest BCUT2D eigenvalue weighted by Gasteiger charge is 2.05. The van der Waals surface area contributed by atoms with Gasteiger partial charge in [0.2, 0.25) is 0 Å². The van der Waals surface area contributed by atoms with E-state index in [1.54, 1.807) is 0 Å². The summed E-state index contributed by atoms with van der Waals surface area (Å²) in [5.74, 6) is 0. The Balaban J connectivity index is 2.30. The minimum Gasteiger partial charge on any atom is -0.396 e. The lowest BCUT2D eigenvalue weighted by atomic mass is 10.0. The van der Waals surface area contributed by atoms with Gasteiger partial charge < -0.3 is 15.4 Å². The summed E-state index contributed by atoms with van der Waals surface area (Å²) in [7, 11) is 0. The Morgan fingerprint density at radius 1 is 1.32 bits per heavy atom. The summed E-state index contributed by atoms with van der Waals surface area (Å²) in [5.41, 5.74) is 3.90. The van der Waals surface area contributed by atoms with Crippen molar-refractivity contribution in [2.75, 3.05) is 13.2 Å². The molecule has 4 nitrogen and oxygen atoms in total. The van der Waals surface area contributed by atoms with Crippen LogP contribution >= 0.6 is 0 Å². The van der Waals surface area contributed by atoms with Gasteiger partial charge in [0.05, 0.1) is 5.52 Å². The molecule has 0 amide bonds. The van der Waals surface area contributed by atoms with Crippen LogP contribution in [0.2, 0.25) is 0 Å². The molecule has 0 spiro atoms. The van der Waals surface area contributed by atoms with Crippen molar-refractivity contribution in [2.24, 2.45) is 0 Å². The van der Waals surface area contributed by atoms with Gasteiger partial charge in [0.15, 0.2) is 0 Å². The molecule has 2 rings (SSSR count). The van der Waals surface area contributed by atoms with Crippen molar-refractivity contribution in [3.8, 4) is 0 Å². The molecule has 1 heterocycles. The van der Waals surface area contributed by atoms with Crippen LogP contribution in [0.15, 0.2) is 23.0 Å². The standard InChI is InChI=1S/C15H20N2O2/c1-10-4-5-12-8-13(9-16-6-3-7-18)15(19)17-14(12)11(10)2/h4-5,8,16,18H,3,6-7,9H2,1-2H3,(H,17,19). The molecule has 0 aliphatic heterocycles. The van der Waals surface area contributed by atoms with Crippen LogP contribution in [-0.4, -0.2) is 23.2 Å². The minimum atomic E-state index is -0.0438. The van der Waals surface area contributed by atoms with Crippen molar-refractivity contribution in [2.45, 2.75) is 26.8 Å². The van der Waals surface area contributed by atoms with Crippen molar-refractivity contribution in [1.82, 2.24) is 10.3 Å². The van der Waals surface area contributed by atoms with Gasteiger partial charge in [-0.2, -0.15) is 0 Å². The first kappa shape index (κ1) is 13.8. The van der Waals surface area contributed by atoms with Crippen molar-refractivity contribution < 1.29 is 5.11 Å². The smallest absolute Gasteiger partial charge is 0.252 e. The maximum atomic E-state index is 12.0. The van der Waals surface area contributed by atoms with E-state index in [0.717, 1.165) is 22.0 Å². The zero-order chi connectivity index (χ0) is 13.8. The molecule has 19 heavy (non-hydrogen) atoms. The third kappa shape index (κ3) is 3.03. The summed E-state index contributed by atoms with van der Waals surface area (Å²) in [4.78, 5) is 15.0. The number of aryl methyl sites for hydroxylation is 2. The molecule has 2 aromatic rings. The van der Waals surface area contributed by atoms with E-state index in [-0.39, 0.29) is 12.2 Å². The number of aliphatic hydroxyl groups is 1. The van der Waals surface area contributed by atoms with Gasteiger partial charge in [-0.25, -0.2) is 0 Å². The van der Waals surface area contributed by atoms with E-state index in [0.29, 0.717) is 19.5 Å². The second-order valence-corrected chi connectivity index (χ2v) is 4.85. The number of fused-ring (bicyclic) bond motifs is 1. The average Bonchev–Trinajstić information content (AvgIpc) is 2.40. The molecule has 1 aromatic carbocycles. The van der Waals surface area contributed by atoms with Gasteiger partial charge >= 0.3 is 0 Å². The average molecular weight is 260 g/mol. The van der Waals surface area contributed by atoms with E-state index in [2.05, 4.69) is 16.4 Å². The maximum Gasteiger partial charge on any atom is 0.252 e.